The van der Waals surface area contributed by atoms with Crippen LogP contribution in [0.3, 0.4) is 0 Å². The fourth-order valence-electron chi connectivity index (χ4n) is 2.52. The summed E-state index contributed by atoms with van der Waals surface area (Å²) in [7, 11) is 0. The number of rotatable bonds is 9. The van der Waals surface area contributed by atoms with Gasteiger partial charge in [0.05, 0.1) is 5.60 Å². The maximum absolute atomic E-state index is 14.0. The van der Waals surface area contributed by atoms with Gasteiger partial charge in [-0.25, -0.2) is 4.39 Å². The quantitative estimate of drug-likeness (QED) is 0.719. The summed E-state index contributed by atoms with van der Waals surface area (Å²) in [5, 5.41) is 4.07. The third-order valence-corrected chi connectivity index (χ3v) is 4.22. The fraction of sp³-hybridized carbons (Fsp3) is 0.647. The molecule has 0 radical (unpaired) electrons. The monoisotopic (exact) mass is 315 g/mol. The molecule has 1 aromatic carbocycles. The maximum Gasteiger partial charge on any atom is 0.126 e. The Bertz CT molecular complexity index is 441. The summed E-state index contributed by atoms with van der Waals surface area (Å²) >= 11 is 6.00. The Morgan fingerprint density at radius 3 is 2.62 bits per heavy atom. The largest absolute Gasteiger partial charge is 0.374 e. The minimum Gasteiger partial charge on any atom is -0.374 e. The maximum atomic E-state index is 14.0. The molecule has 2 unspecified atom stereocenters. The number of halogens is 2. The molecule has 1 N–H and O–H groups in total. The zero-order chi connectivity index (χ0) is 15.9. The van der Waals surface area contributed by atoms with Crippen LogP contribution in [0.25, 0.3) is 0 Å². The minimum atomic E-state index is -0.321. The van der Waals surface area contributed by atoms with Crippen molar-refractivity contribution in [2.24, 2.45) is 0 Å². The van der Waals surface area contributed by atoms with Crippen LogP contribution in [0.15, 0.2) is 18.2 Å². The zero-order valence-corrected chi connectivity index (χ0v) is 14.3. The standard InChI is InChI=1S/C17H27ClFNO/c1-5-10-20-16(17(4,6-2)21-7-3)12-13-11-14(18)8-9-15(13)19/h8-9,11,16,20H,5-7,10,12H2,1-4H3. The summed E-state index contributed by atoms with van der Waals surface area (Å²) < 4.78 is 20.0. The van der Waals surface area contributed by atoms with Gasteiger partial charge in [0.1, 0.15) is 5.82 Å². The van der Waals surface area contributed by atoms with Gasteiger partial charge in [0, 0.05) is 17.7 Å². The highest BCUT2D eigenvalue weighted by Gasteiger charge is 2.33. The van der Waals surface area contributed by atoms with E-state index in [4.69, 9.17) is 16.3 Å². The average Bonchev–Trinajstić information content (AvgIpc) is 2.47. The van der Waals surface area contributed by atoms with E-state index in [0.29, 0.717) is 23.6 Å². The summed E-state index contributed by atoms with van der Waals surface area (Å²) in [6.45, 7) is 9.83. The third-order valence-electron chi connectivity index (χ3n) is 3.99. The number of ether oxygens (including phenoxy) is 1. The van der Waals surface area contributed by atoms with E-state index < -0.39 is 0 Å². The van der Waals surface area contributed by atoms with Gasteiger partial charge in [-0.3, -0.25) is 0 Å². The molecule has 0 aromatic heterocycles. The van der Waals surface area contributed by atoms with E-state index in [1.54, 1.807) is 12.1 Å². The summed E-state index contributed by atoms with van der Waals surface area (Å²) in [5.41, 5.74) is 0.314. The van der Waals surface area contributed by atoms with Crippen molar-refractivity contribution in [2.75, 3.05) is 13.2 Å². The molecule has 120 valence electrons. The van der Waals surface area contributed by atoms with Crippen molar-refractivity contribution in [3.63, 3.8) is 0 Å². The van der Waals surface area contributed by atoms with Crippen LogP contribution in [0.4, 0.5) is 4.39 Å². The molecule has 0 aliphatic rings. The smallest absolute Gasteiger partial charge is 0.126 e. The van der Waals surface area contributed by atoms with Crippen LogP contribution < -0.4 is 5.32 Å². The van der Waals surface area contributed by atoms with E-state index in [9.17, 15) is 4.39 Å². The highest BCUT2D eigenvalue weighted by molar-refractivity contribution is 6.30. The van der Waals surface area contributed by atoms with Crippen molar-refractivity contribution in [2.45, 2.75) is 58.6 Å². The van der Waals surface area contributed by atoms with Crippen molar-refractivity contribution in [3.8, 4) is 0 Å². The predicted molar refractivity (Wildman–Crippen MR) is 87.5 cm³/mol. The molecular weight excluding hydrogens is 289 g/mol. The molecule has 4 heteroatoms. The summed E-state index contributed by atoms with van der Waals surface area (Å²) in [5.74, 6) is -0.211. The lowest BCUT2D eigenvalue weighted by atomic mass is 9.88. The molecule has 0 amide bonds. The molecule has 0 heterocycles. The average molecular weight is 316 g/mol. The Hall–Kier alpha value is -0.640. The van der Waals surface area contributed by atoms with E-state index in [2.05, 4.69) is 26.1 Å². The van der Waals surface area contributed by atoms with Gasteiger partial charge in [-0.05, 0) is 63.4 Å². The molecular formula is C17H27ClFNO. The molecule has 0 fully saturated rings. The molecule has 0 spiro atoms. The van der Waals surface area contributed by atoms with E-state index >= 15 is 0 Å². The van der Waals surface area contributed by atoms with Gasteiger partial charge in [-0.15, -0.1) is 0 Å². The van der Waals surface area contributed by atoms with Crippen LogP contribution >= 0.6 is 11.6 Å². The van der Waals surface area contributed by atoms with Gasteiger partial charge < -0.3 is 10.1 Å². The van der Waals surface area contributed by atoms with Crippen LogP contribution in [0.1, 0.15) is 46.1 Å². The first kappa shape index (κ1) is 18.4. The predicted octanol–water partition coefficient (Wildman–Crippen LogP) is 4.60. The van der Waals surface area contributed by atoms with Crippen LogP contribution in [-0.2, 0) is 11.2 Å². The number of benzene rings is 1. The number of nitrogens with one attached hydrogen (secondary N) is 1. The highest BCUT2D eigenvalue weighted by Crippen LogP contribution is 2.25. The SMILES string of the molecule is CCCNC(Cc1cc(Cl)ccc1F)C(C)(CC)OCC. The summed E-state index contributed by atoms with van der Waals surface area (Å²) in [6.07, 6.45) is 2.46. The number of hydrogen-bond acceptors (Lipinski definition) is 2. The first-order valence-corrected chi connectivity index (χ1v) is 8.15. The van der Waals surface area contributed by atoms with Gasteiger partial charge in [0.2, 0.25) is 0 Å². The lowest BCUT2D eigenvalue weighted by Gasteiger charge is -2.37. The second-order valence-electron chi connectivity index (χ2n) is 5.55. The van der Waals surface area contributed by atoms with Crippen LogP contribution in [0.5, 0.6) is 0 Å². The molecule has 0 saturated heterocycles. The topological polar surface area (TPSA) is 21.3 Å². The van der Waals surface area contributed by atoms with Crippen molar-refractivity contribution in [1.29, 1.82) is 0 Å². The first-order chi connectivity index (χ1) is 9.96. The molecule has 0 aliphatic carbocycles. The summed E-state index contributed by atoms with van der Waals surface area (Å²) in [6, 6.07) is 4.77. The Balaban J connectivity index is 2.98. The van der Waals surface area contributed by atoms with Crippen molar-refractivity contribution < 1.29 is 9.13 Å². The molecule has 0 saturated carbocycles. The molecule has 1 rings (SSSR count). The normalized spacial score (nSPS) is 15.7. The lowest BCUT2D eigenvalue weighted by molar-refractivity contribution is -0.0551. The van der Waals surface area contributed by atoms with Gasteiger partial charge in [-0.1, -0.05) is 25.4 Å². The Morgan fingerprint density at radius 1 is 1.33 bits per heavy atom. The Kier molecular flexibility index (Phi) is 7.64. The van der Waals surface area contributed by atoms with E-state index in [1.807, 2.05) is 6.92 Å². The van der Waals surface area contributed by atoms with Gasteiger partial charge >= 0.3 is 0 Å². The summed E-state index contributed by atoms with van der Waals surface area (Å²) in [4.78, 5) is 0. The lowest BCUT2D eigenvalue weighted by Crippen LogP contribution is -2.52. The van der Waals surface area contributed by atoms with Gasteiger partial charge in [0.25, 0.3) is 0 Å². The molecule has 0 bridgehead atoms. The van der Waals surface area contributed by atoms with E-state index in [-0.39, 0.29) is 17.5 Å². The molecule has 21 heavy (non-hydrogen) atoms. The van der Waals surface area contributed by atoms with Crippen molar-refractivity contribution >= 4 is 11.6 Å². The second kappa shape index (κ2) is 8.72. The molecule has 2 atom stereocenters. The highest BCUT2D eigenvalue weighted by atomic mass is 35.5. The van der Waals surface area contributed by atoms with Crippen LogP contribution in [0.2, 0.25) is 5.02 Å². The number of hydrogen-bond donors (Lipinski definition) is 1. The Morgan fingerprint density at radius 2 is 2.05 bits per heavy atom. The molecule has 1 aromatic rings. The van der Waals surface area contributed by atoms with E-state index in [0.717, 1.165) is 19.4 Å². The van der Waals surface area contributed by atoms with Crippen LogP contribution in [0, 0.1) is 5.82 Å². The van der Waals surface area contributed by atoms with E-state index in [1.165, 1.54) is 6.07 Å². The second-order valence-corrected chi connectivity index (χ2v) is 5.98. The fourth-order valence-corrected chi connectivity index (χ4v) is 2.72. The Labute approximate surface area is 133 Å². The van der Waals surface area contributed by atoms with Gasteiger partial charge in [-0.2, -0.15) is 0 Å². The first-order valence-electron chi connectivity index (χ1n) is 7.78. The minimum absolute atomic E-state index is 0.0513. The third kappa shape index (κ3) is 5.24. The van der Waals surface area contributed by atoms with Crippen LogP contribution in [-0.4, -0.2) is 24.8 Å². The molecule has 2 nitrogen and oxygen atoms in total. The van der Waals surface area contributed by atoms with Gasteiger partial charge in [0.15, 0.2) is 0 Å². The van der Waals surface area contributed by atoms with Crippen molar-refractivity contribution in [1.82, 2.24) is 5.32 Å². The van der Waals surface area contributed by atoms with Crippen molar-refractivity contribution in [3.05, 3.63) is 34.6 Å². The molecule has 0 aliphatic heterocycles. The zero-order valence-electron chi connectivity index (χ0n) is 13.5.